The maximum absolute atomic E-state index is 12.8. The van der Waals surface area contributed by atoms with Gasteiger partial charge < -0.3 is 4.74 Å². The first-order valence-corrected chi connectivity index (χ1v) is 11.0. The highest BCUT2D eigenvalue weighted by atomic mass is 35.5. The van der Waals surface area contributed by atoms with Gasteiger partial charge in [0, 0.05) is 17.2 Å². The molecule has 1 aliphatic heterocycles. The monoisotopic (exact) mass is 476 g/mol. The van der Waals surface area contributed by atoms with Gasteiger partial charge in [-0.05, 0) is 30.4 Å². The number of amides is 2. The zero-order chi connectivity index (χ0) is 24.0. The molecule has 2 aromatic carbocycles. The minimum absolute atomic E-state index is 0.0386. The van der Waals surface area contributed by atoms with Crippen molar-refractivity contribution in [2.75, 3.05) is 0 Å². The molecule has 2 bridgehead atoms. The molecule has 1 heterocycles. The lowest BCUT2D eigenvalue weighted by molar-refractivity contribution is -0.385. The summed E-state index contributed by atoms with van der Waals surface area (Å²) in [6, 6.07) is 11.4. The topological polar surface area (TPSA) is 126 Å². The van der Waals surface area contributed by atoms with E-state index >= 15 is 0 Å². The lowest BCUT2D eigenvalue weighted by Gasteiger charge is -2.13. The number of allylic oxidation sites excluding steroid dienone is 2. The quantitative estimate of drug-likeness (QED) is 0.205. The van der Waals surface area contributed by atoms with Crippen molar-refractivity contribution in [1.82, 2.24) is 5.01 Å². The predicted molar refractivity (Wildman–Crippen MR) is 121 cm³/mol. The molecule has 1 saturated carbocycles. The van der Waals surface area contributed by atoms with Crippen LogP contribution < -0.4 is 4.74 Å². The van der Waals surface area contributed by atoms with E-state index in [1.54, 1.807) is 24.3 Å². The summed E-state index contributed by atoms with van der Waals surface area (Å²) in [6.07, 6.45) is 5.99. The molecular weight excluding hydrogens is 460 g/mol. The molecule has 0 aromatic heterocycles. The maximum Gasteiger partial charge on any atom is 0.313 e. The van der Waals surface area contributed by atoms with Crippen LogP contribution in [-0.4, -0.2) is 28.0 Å². The molecule has 34 heavy (non-hydrogen) atoms. The van der Waals surface area contributed by atoms with Crippen molar-refractivity contribution in [3.8, 4) is 11.8 Å². The molecule has 10 heteroatoms. The number of hydrazone groups is 1. The van der Waals surface area contributed by atoms with Crippen LogP contribution in [0.4, 0.5) is 5.69 Å². The Balaban J connectivity index is 1.38. The van der Waals surface area contributed by atoms with Gasteiger partial charge in [-0.15, -0.1) is 0 Å². The third-order valence-corrected chi connectivity index (χ3v) is 6.80. The van der Waals surface area contributed by atoms with E-state index in [1.165, 1.54) is 18.3 Å². The molecule has 9 nitrogen and oxygen atoms in total. The molecule has 2 aromatic rings. The highest BCUT2D eigenvalue weighted by Gasteiger charge is 2.59. The van der Waals surface area contributed by atoms with Crippen molar-refractivity contribution in [2.45, 2.75) is 13.0 Å². The number of imide groups is 1. The van der Waals surface area contributed by atoms with Crippen LogP contribution in [0, 0.1) is 45.1 Å². The number of nitro groups is 1. The molecule has 0 N–H and O–H groups in total. The molecule has 170 valence electrons. The summed E-state index contributed by atoms with van der Waals surface area (Å²) < 4.78 is 5.61. The highest BCUT2D eigenvalue weighted by Crippen LogP contribution is 2.52. The van der Waals surface area contributed by atoms with E-state index in [9.17, 15) is 25.0 Å². The molecule has 0 spiro atoms. The first kappa shape index (κ1) is 21.8. The SMILES string of the molecule is N#Cc1ccccc1COc1c(Cl)cc(C=NN2C(=O)[C@@H]3[C@H](C2=O)[C@H]2C=C[C@H]3C2)cc1[N+](=O)[O-]. The van der Waals surface area contributed by atoms with Crippen molar-refractivity contribution in [2.24, 2.45) is 28.8 Å². The second kappa shape index (κ2) is 8.39. The van der Waals surface area contributed by atoms with E-state index in [0.29, 0.717) is 11.1 Å². The number of halogens is 1. The summed E-state index contributed by atoms with van der Waals surface area (Å²) in [5.74, 6) is -1.49. The number of fused-ring (bicyclic) bond motifs is 5. The number of carbonyl (C=O) groups excluding carboxylic acids is 2. The number of nitrogens with zero attached hydrogens (tertiary/aromatic N) is 4. The predicted octanol–water partition coefficient (Wildman–Crippen LogP) is 3.84. The standard InChI is InChI=1S/C24H17ClN4O5/c25-18-7-13(11-27-28-23(30)20-14-5-6-15(9-14)21(20)24(28)31)8-19(29(32)33)22(18)34-12-17-4-2-1-3-16(17)10-26/h1-8,11,14-15,20-21H,9,12H2/t14-,15-,20-,21+/m0/s1. The Morgan fingerprint density at radius 2 is 1.88 bits per heavy atom. The van der Waals surface area contributed by atoms with E-state index < -0.39 is 10.6 Å². The first-order chi connectivity index (χ1) is 16.4. The minimum Gasteiger partial charge on any atom is -0.481 e. The fourth-order valence-corrected chi connectivity index (χ4v) is 5.26. The van der Waals surface area contributed by atoms with Crippen LogP contribution in [0.1, 0.15) is 23.1 Å². The van der Waals surface area contributed by atoms with Gasteiger partial charge in [-0.1, -0.05) is 42.0 Å². The van der Waals surface area contributed by atoms with Gasteiger partial charge in [0.25, 0.3) is 11.8 Å². The average molecular weight is 477 g/mol. The summed E-state index contributed by atoms with van der Waals surface area (Å²) >= 11 is 6.28. The Kier molecular flexibility index (Phi) is 5.38. The lowest BCUT2D eigenvalue weighted by atomic mass is 9.85. The van der Waals surface area contributed by atoms with Crippen LogP contribution in [0.25, 0.3) is 0 Å². The molecule has 4 atom stereocenters. The zero-order valence-corrected chi connectivity index (χ0v) is 18.4. The first-order valence-electron chi connectivity index (χ1n) is 10.6. The summed E-state index contributed by atoms with van der Waals surface area (Å²) in [6.45, 7) is -0.0896. The maximum atomic E-state index is 12.8. The minimum atomic E-state index is -0.644. The smallest absolute Gasteiger partial charge is 0.313 e. The van der Waals surface area contributed by atoms with Crippen LogP contribution in [0.15, 0.2) is 53.7 Å². The van der Waals surface area contributed by atoms with Crippen molar-refractivity contribution in [3.05, 3.63) is 80.4 Å². The van der Waals surface area contributed by atoms with Gasteiger partial charge >= 0.3 is 5.69 Å². The number of hydrogen-bond acceptors (Lipinski definition) is 7. The van der Waals surface area contributed by atoms with Crippen molar-refractivity contribution in [3.63, 3.8) is 0 Å². The lowest BCUT2D eigenvalue weighted by Crippen LogP contribution is -2.28. The van der Waals surface area contributed by atoms with E-state index in [0.717, 1.165) is 11.4 Å². The van der Waals surface area contributed by atoms with Gasteiger partial charge in [0.15, 0.2) is 0 Å². The molecular formula is C24H17ClN4O5. The number of nitriles is 1. The molecule has 0 unspecified atom stereocenters. The highest BCUT2D eigenvalue weighted by molar-refractivity contribution is 6.32. The van der Waals surface area contributed by atoms with Gasteiger partial charge in [-0.3, -0.25) is 19.7 Å². The average Bonchev–Trinajstić information content (AvgIpc) is 3.51. The van der Waals surface area contributed by atoms with E-state index in [1.807, 2.05) is 18.2 Å². The van der Waals surface area contributed by atoms with Crippen molar-refractivity contribution in [1.29, 1.82) is 5.26 Å². The number of carbonyl (C=O) groups is 2. The Morgan fingerprint density at radius 1 is 1.21 bits per heavy atom. The van der Waals surface area contributed by atoms with Crippen LogP contribution in [-0.2, 0) is 16.2 Å². The summed E-state index contributed by atoms with van der Waals surface area (Å²) in [5.41, 5.74) is 0.779. The van der Waals surface area contributed by atoms with Gasteiger partial charge in [0.2, 0.25) is 5.75 Å². The molecule has 5 rings (SSSR count). The van der Waals surface area contributed by atoms with Gasteiger partial charge in [-0.25, -0.2) is 0 Å². The second-order valence-corrected chi connectivity index (χ2v) is 8.81. The normalized spacial score (nSPS) is 24.6. The number of ether oxygens (including phenoxy) is 1. The van der Waals surface area contributed by atoms with E-state index in [2.05, 4.69) is 5.10 Å². The molecule has 3 aliphatic rings. The van der Waals surface area contributed by atoms with Crippen LogP contribution in [0.3, 0.4) is 0 Å². The van der Waals surface area contributed by atoms with Crippen molar-refractivity contribution >= 4 is 35.3 Å². The van der Waals surface area contributed by atoms with Crippen LogP contribution >= 0.6 is 11.6 Å². The summed E-state index contributed by atoms with van der Waals surface area (Å²) in [7, 11) is 0. The van der Waals surface area contributed by atoms with Crippen LogP contribution in [0.2, 0.25) is 5.02 Å². The third kappa shape index (κ3) is 3.53. The largest absolute Gasteiger partial charge is 0.481 e. The second-order valence-electron chi connectivity index (χ2n) is 8.40. The molecule has 2 amide bonds. The molecule has 1 saturated heterocycles. The fraction of sp³-hybridized carbons (Fsp3) is 0.250. The number of nitro benzene ring substituents is 1. The Hall–Kier alpha value is -4.03. The van der Waals surface area contributed by atoms with Gasteiger partial charge in [-0.2, -0.15) is 15.4 Å². The zero-order valence-electron chi connectivity index (χ0n) is 17.6. The Labute approximate surface area is 199 Å². The van der Waals surface area contributed by atoms with Crippen LogP contribution in [0.5, 0.6) is 5.75 Å². The van der Waals surface area contributed by atoms with E-state index in [4.69, 9.17) is 16.3 Å². The Bertz CT molecular complexity index is 1300. The summed E-state index contributed by atoms with van der Waals surface area (Å²) in [4.78, 5) is 36.6. The number of hydrogen-bond donors (Lipinski definition) is 0. The molecule has 2 fully saturated rings. The van der Waals surface area contributed by atoms with Gasteiger partial charge in [0.05, 0.1) is 39.6 Å². The van der Waals surface area contributed by atoms with Crippen molar-refractivity contribution < 1.29 is 19.2 Å². The number of rotatable bonds is 6. The van der Waals surface area contributed by atoms with E-state index in [-0.39, 0.29) is 58.4 Å². The Morgan fingerprint density at radius 3 is 2.53 bits per heavy atom. The fourth-order valence-electron chi connectivity index (χ4n) is 4.98. The molecule has 2 aliphatic carbocycles. The number of benzene rings is 2. The summed E-state index contributed by atoms with van der Waals surface area (Å²) in [5, 5.41) is 25.8. The van der Waals surface area contributed by atoms with Gasteiger partial charge in [0.1, 0.15) is 6.61 Å². The molecule has 0 radical (unpaired) electrons. The third-order valence-electron chi connectivity index (χ3n) is 6.52.